The summed E-state index contributed by atoms with van der Waals surface area (Å²) in [6, 6.07) is 0.382. The van der Waals surface area contributed by atoms with Crippen LogP contribution >= 0.6 is 12.4 Å². The van der Waals surface area contributed by atoms with E-state index in [1.165, 1.54) is 89.7 Å². The predicted octanol–water partition coefficient (Wildman–Crippen LogP) is 5.34. The Balaban J connectivity index is 0. The summed E-state index contributed by atoms with van der Waals surface area (Å²) in [6.45, 7) is 5.62. The third-order valence-corrected chi connectivity index (χ3v) is 3.80. The Morgan fingerprint density at radius 1 is 0.760 bits per heavy atom. The quantitative estimate of drug-likeness (QED) is 0.445. The van der Waals surface area contributed by atoms with Crippen molar-refractivity contribution in [1.82, 2.24) is 15.0 Å². The van der Waals surface area contributed by atoms with Crippen molar-refractivity contribution in [2.75, 3.05) is 13.2 Å². The van der Waals surface area contributed by atoms with E-state index in [0.29, 0.717) is 12.6 Å². The summed E-state index contributed by atoms with van der Waals surface area (Å²) in [7, 11) is 0. The van der Waals surface area contributed by atoms with Gasteiger partial charge < -0.3 is 10.5 Å². The highest BCUT2D eigenvalue weighted by Crippen LogP contribution is 2.11. The van der Waals surface area contributed by atoms with E-state index >= 15 is 0 Å². The number of hydrogen-bond acceptors (Lipinski definition) is 5. The SMILES string of the molecule is CCCCCCCCCCCCCCN.CCOc1ncncn1.Cl. The normalized spacial score (nSPS) is 9.72. The van der Waals surface area contributed by atoms with Gasteiger partial charge in [0.2, 0.25) is 0 Å². The lowest BCUT2D eigenvalue weighted by molar-refractivity contribution is 0.311. The second-order valence-electron chi connectivity index (χ2n) is 6.03. The van der Waals surface area contributed by atoms with E-state index in [2.05, 4.69) is 21.9 Å². The summed E-state index contributed by atoms with van der Waals surface area (Å²) >= 11 is 0. The average molecular weight is 375 g/mol. The molecule has 0 amide bonds. The number of hydrogen-bond donors (Lipinski definition) is 1. The van der Waals surface area contributed by atoms with Crippen LogP contribution in [0.5, 0.6) is 6.01 Å². The van der Waals surface area contributed by atoms with Crippen molar-refractivity contribution in [2.45, 2.75) is 90.9 Å². The molecule has 1 aromatic heterocycles. The summed E-state index contributed by atoms with van der Waals surface area (Å²) in [5, 5.41) is 0. The molecule has 5 nitrogen and oxygen atoms in total. The molecule has 1 rings (SSSR count). The molecule has 2 N–H and O–H groups in total. The van der Waals surface area contributed by atoms with E-state index in [4.69, 9.17) is 10.5 Å². The van der Waals surface area contributed by atoms with Gasteiger partial charge in [-0.2, -0.15) is 9.97 Å². The van der Waals surface area contributed by atoms with Crippen LogP contribution in [0.3, 0.4) is 0 Å². The lowest BCUT2D eigenvalue weighted by Crippen LogP contribution is -1.97. The standard InChI is InChI=1S/C14H31N.C5H7N3O.ClH/c1-2-3-4-5-6-7-8-9-10-11-12-13-14-15;1-2-9-5-7-3-6-4-8-5;/h2-15H2,1H3;3-4H,2H2,1H3;1H. The zero-order valence-electron chi connectivity index (χ0n) is 16.3. The van der Waals surface area contributed by atoms with Gasteiger partial charge in [0.15, 0.2) is 0 Å². The summed E-state index contributed by atoms with van der Waals surface area (Å²) in [4.78, 5) is 11.1. The minimum absolute atomic E-state index is 0. The van der Waals surface area contributed by atoms with E-state index in [-0.39, 0.29) is 12.4 Å². The van der Waals surface area contributed by atoms with Crippen LogP contribution in [-0.2, 0) is 0 Å². The molecule has 1 aromatic rings. The van der Waals surface area contributed by atoms with E-state index in [0.717, 1.165) is 6.54 Å². The van der Waals surface area contributed by atoms with Crippen molar-refractivity contribution in [3.8, 4) is 6.01 Å². The largest absolute Gasteiger partial charge is 0.464 e. The Labute approximate surface area is 161 Å². The lowest BCUT2D eigenvalue weighted by Gasteiger charge is -2.01. The van der Waals surface area contributed by atoms with Gasteiger partial charge in [0.25, 0.3) is 0 Å². The van der Waals surface area contributed by atoms with Gasteiger partial charge in [-0.15, -0.1) is 12.4 Å². The highest BCUT2D eigenvalue weighted by Gasteiger charge is 1.92. The van der Waals surface area contributed by atoms with Crippen LogP contribution in [0.4, 0.5) is 0 Å². The number of rotatable bonds is 14. The van der Waals surface area contributed by atoms with Crippen LogP contribution in [0.15, 0.2) is 12.7 Å². The second-order valence-corrected chi connectivity index (χ2v) is 6.03. The first-order valence-corrected chi connectivity index (χ1v) is 9.80. The van der Waals surface area contributed by atoms with Crippen molar-refractivity contribution in [3.63, 3.8) is 0 Å². The third-order valence-electron chi connectivity index (χ3n) is 3.80. The second kappa shape index (κ2) is 23.1. The van der Waals surface area contributed by atoms with Crippen LogP contribution in [0.25, 0.3) is 0 Å². The van der Waals surface area contributed by atoms with Crippen molar-refractivity contribution in [2.24, 2.45) is 5.73 Å². The summed E-state index contributed by atoms with van der Waals surface area (Å²) < 4.78 is 4.94. The lowest BCUT2D eigenvalue weighted by atomic mass is 10.1. The fourth-order valence-corrected chi connectivity index (χ4v) is 2.42. The first-order chi connectivity index (χ1) is 11.8. The molecule has 0 atom stereocenters. The smallest absolute Gasteiger partial charge is 0.319 e. The van der Waals surface area contributed by atoms with Crippen LogP contribution in [0.2, 0.25) is 0 Å². The maximum Gasteiger partial charge on any atom is 0.319 e. The predicted molar refractivity (Wildman–Crippen MR) is 108 cm³/mol. The van der Waals surface area contributed by atoms with Crippen molar-refractivity contribution < 1.29 is 4.74 Å². The van der Waals surface area contributed by atoms with Gasteiger partial charge in [-0.25, -0.2) is 4.98 Å². The van der Waals surface area contributed by atoms with Gasteiger partial charge >= 0.3 is 6.01 Å². The van der Waals surface area contributed by atoms with E-state index in [1.807, 2.05) is 6.92 Å². The van der Waals surface area contributed by atoms with Gasteiger partial charge in [0.05, 0.1) is 6.61 Å². The maximum absolute atomic E-state index is 5.45. The third kappa shape index (κ3) is 21.0. The Kier molecular flexibility index (Phi) is 24.3. The number of nitrogens with zero attached hydrogens (tertiary/aromatic N) is 3. The molecule has 1 heterocycles. The Hall–Kier alpha value is -0.940. The number of nitrogens with two attached hydrogens (primary N) is 1. The van der Waals surface area contributed by atoms with Gasteiger partial charge in [-0.3, -0.25) is 0 Å². The zero-order valence-corrected chi connectivity index (χ0v) is 17.1. The molecule has 0 aliphatic rings. The van der Waals surface area contributed by atoms with Gasteiger partial charge in [0, 0.05) is 0 Å². The molecule has 0 aliphatic carbocycles. The Morgan fingerprint density at radius 3 is 1.60 bits per heavy atom. The zero-order chi connectivity index (χ0) is 17.7. The highest BCUT2D eigenvalue weighted by atomic mass is 35.5. The first-order valence-electron chi connectivity index (χ1n) is 9.80. The molecule has 6 heteroatoms. The van der Waals surface area contributed by atoms with E-state index < -0.39 is 0 Å². The fourth-order valence-electron chi connectivity index (χ4n) is 2.42. The summed E-state index contributed by atoms with van der Waals surface area (Å²) in [5.41, 5.74) is 5.45. The molecule has 25 heavy (non-hydrogen) atoms. The van der Waals surface area contributed by atoms with Gasteiger partial charge in [-0.1, -0.05) is 77.6 Å². The van der Waals surface area contributed by atoms with Crippen molar-refractivity contribution >= 4 is 12.4 Å². The highest BCUT2D eigenvalue weighted by molar-refractivity contribution is 5.85. The molecule has 0 aliphatic heterocycles. The number of unbranched alkanes of at least 4 members (excludes halogenated alkanes) is 11. The van der Waals surface area contributed by atoms with Crippen LogP contribution in [0, 0.1) is 0 Å². The fraction of sp³-hybridized carbons (Fsp3) is 0.842. The van der Waals surface area contributed by atoms with E-state index in [1.54, 1.807) is 0 Å². The van der Waals surface area contributed by atoms with E-state index in [9.17, 15) is 0 Å². The minimum atomic E-state index is 0. The van der Waals surface area contributed by atoms with Crippen LogP contribution < -0.4 is 10.5 Å². The molecule has 0 unspecified atom stereocenters. The molecular formula is C19H39ClN4O. The molecule has 0 radical (unpaired) electrons. The van der Waals surface area contributed by atoms with Crippen LogP contribution in [0.1, 0.15) is 90.9 Å². The topological polar surface area (TPSA) is 73.9 Å². The number of halogens is 1. The summed E-state index contributed by atoms with van der Waals surface area (Å²) in [6.07, 6.45) is 19.7. The summed E-state index contributed by atoms with van der Waals surface area (Å²) in [5.74, 6) is 0. The number of ether oxygens (including phenoxy) is 1. The van der Waals surface area contributed by atoms with Gasteiger partial charge in [-0.05, 0) is 19.9 Å². The molecule has 0 fully saturated rings. The molecule has 0 saturated carbocycles. The average Bonchev–Trinajstić information content (AvgIpc) is 2.61. The first kappa shape index (κ1) is 26.3. The minimum Gasteiger partial charge on any atom is -0.464 e. The maximum atomic E-state index is 5.45. The van der Waals surface area contributed by atoms with Crippen molar-refractivity contribution in [1.29, 1.82) is 0 Å². The van der Waals surface area contributed by atoms with Crippen molar-refractivity contribution in [3.05, 3.63) is 12.7 Å². The number of aromatic nitrogens is 3. The Morgan fingerprint density at radius 2 is 1.20 bits per heavy atom. The van der Waals surface area contributed by atoms with Gasteiger partial charge in [0.1, 0.15) is 12.7 Å². The monoisotopic (exact) mass is 374 g/mol. The molecule has 148 valence electrons. The molecular weight excluding hydrogens is 336 g/mol. The molecule has 0 bridgehead atoms. The molecule has 0 saturated heterocycles. The Bertz CT molecular complexity index is 329. The van der Waals surface area contributed by atoms with Crippen LogP contribution in [-0.4, -0.2) is 28.1 Å². The molecule has 0 spiro atoms. The molecule has 0 aromatic carbocycles.